The second-order valence-corrected chi connectivity index (χ2v) is 11.7. The van der Waals surface area contributed by atoms with Crippen LogP contribution in [0, 0.1) is 0 Å². The van der Waals surface area contributed by atoms with E-state index < -0.39 is 23.8 Å². The van der Waals surface area contributed by atoms with Crippen LogP contribution in [-0.4, -0.2) is 41.2 Å². The maximum absolute atomic E-state index is 13.9. The molecule has 0 radical (unpaired) electrons. The molecule has 0 saturated heterocycles. The molecule has 1 atom stereocenters. The first kappa shape index (κ1) is 31.5. The van der Waals surface area contributed by atoms with Gasteiger partial charge in [0.15, 0.2) is 0 Å². The SMILES string of the molecule is CC(C)(C)OC(=O)N[C@H](CCCCNC(=O)OCc1ccccc1)C(=O)N(Cc1ccc(N)cc1)Cc1cccs1. The molecule has 3 rings (SSSR count). The van der Waals surface area contributed by atoms with Crippen LogP contribution in [0.3, 0.4) is 0 Å². The van der Waals surface area contributed by atoms with Crippen LogP contribution < -0.4 is 16.4 Å². The zero-order valence-electron chi connectivity index (χ0n) is 23.9. The molecule has 0 unspecified atom stereocenters. The molecule has 0 aliphatic carbocycles. The van der Waals surface area contributed by atoms with E-state index in [1.807, 2.05) is 60.0 Å². The molecule has 0 bridgehead atoms. The number of amides is 3. The Bertz CT molecular complexity index is 1230. The molecule has 3 amide bonds. The molecule has 9 nitrogen and oxygen atoms in total. The number of rotatable bonds is 13. The molecule has 2 aromatic carbocycles. The number of nitrogens with two attached hydrogens (primary N) is 1. The summed E-state index contributed by atoms with van der Waals surface area (Å²) in [5, 5.41) is 7.49. The topological polar surface area (TPSA) is 123 Å². The van der Waals surface area contributed by atoms with Crippen molar-refractivity contribution in [3.05, 3.63) is 88.1 Å². The predicted molar refractivity (Wildman–Crippen MR) is 161 cm³/mol. The Kier molecular flexibility index (Phi) is 12.0. The standard InChI is InChI=1S/C31H40N4O5S/c1-31(2,3)40-30(38)34-27(13-7-8-18-33-29(37)39-22-24-10-5-4-6-11-24)28(36)35(21-26-12-9-19-41-26)20-23-14-16-25(32)17-15-23/h4-6,9-12,14-17,19,27H,7-8,13,18,20-22,32H2,1-3H3,(H,33,37)(H,34,38)/t27-/m1/s1. The third-order valence-corrected chi connectivity index (χ3v) is 6.84. The highest BCUT2D eigenvalue weighted by molar-refractivity contribution is 7.09. The molecule has 0 fully saturated rings. The molecule has 0 spiro atoms. The second-order valence-electron chi connectivity index (χ2n) is 10.7. The Hall–Kier alpha value is -4.05. The summed E-state index contributed by atoms with van der Waals surface area (Å²) in [6.45, 7) is 6.66. The van der Waals surface area contributed by atoms with Crippen LogP contribution >= 0.6 is 11.3 Å². The highest BCUT2D eigenvalue weighted by atomic mass is 32.1. The minimum absolute atomic E-state index is 0.192. The largest absolute Gasteiger partial charge is 0.445 e. The van der Waals surface area contributed by atoms with E-state index in [0.29, 0.717) is 44.6 Å². The number of nitrogens with one attached hydrogen (secondary N) is 2. The molecule has 1 aromatic heterocycles. The van der Waals surface area contributed by atoms with Crippen molar-refractivity contribution in [2.75, 3.05) is 12.3 Å². The number of alkyl carbamates (subject to hydrolysis) is 2. The second kappa shape index (κ2) is 15.7. The quantitative estimate of drug-likeness (QED) is 0.172. The van der Waals surface area contributed by atoms with Crippen molar-refractivity contribution < 1.29 is 23.9 Å². The maximum atomic E-state index is 13.9. The van der Waals surface area contributed by atoms with Gasteiger partial charge in [0, 0.05) is 23.7 Å². The van der Waals surface area contributed by atoms with E-state index in [9.17, 15) is 14.4 Å². The van der Waals surface area contributed by atoms with Gasteiger partial charge in [-0.2, -0.15) is 0 Å². The minimum atomic E-state index is -0.802. The Morgan fingerprint density at radius 1 is 0.902 bits per heavy atom. The lowest BCUT2D eigenvalue weighted by atomic mass is 10.1. The Morgan fingerprint density at radius 2 is 1.63 bits per heavy atom. The van der Waals surface area contributed by atoms with Crippen LogP contribution in [0.4, 0.5) is 15.3 Å². The molecular weight excluding hydrogens is 540 g/mol. The molecule has 0 aliphatic rings. The Labute approximate surface area is 246 Å². The van der Waals surface area contributed by atoms with Crippen molar-refractivity contribution in [2.45, 2.75) is 71.4 Å². The molecule has 3 aromatic rings. The van der Waals surface area contributed by atoms with Gasteiger partial charge in [-0.3, -0.25) is 4.79 Å². The lowest BCUT2D eigenvalue weighted by Crippen LogP contribution is -2.49. The molecular formula is C31H40N4O5S. The zero-order chi connectivity index (χ0) is 29.7. The highest BCUT2D eigenvalue weighted by Crippen LogP contribution is 2.18. The van der Waals surface area contributed by atoms with Gasteiger partial charge in [0.1, 0.15) is 18.2 Å². The fourth-order valence-corrected chi connectivity index (χ4v) is 4.73. The van der Waals surface area contributed by atoms with Gasteiger partial charge in [0.25, 0.3) is 0 Å². The lowest BCUT2D eigenvalue weighted by Gasteiger charge is -2.29. The molecule has 4 N–H and O–H groups in total. The van der Waals surface area contributed by atoms with E-state index in [-0.39, 0.29) is 12.5 Å². The van der Waals surface area contributed by atoms with Crippen LogP contribution in [-0.2, 0) is 34.0 Å². The summed E-state index contributed by atoms with van der Waals surface area (Å²) in [6, 6.07) is 20.0. The fraction of sp³-hybridized carbons (Fsp3) is 0.387. The summed E-state index contributed by atoms with van der Waals surface area (Å²) < 4.78 is 10.7. The lowest BCUT2D eigenvalue weighted by molar-refractivity contribution is -0.135. The minimum Gasteiger partial charge on any atom is -0.445 e. The number of anilines is 1. The monoisotopic (exact) mass is 580 g/mol. The number of nitrogen functional groups attached to an aromatic ring is 1. The first-order valence-electron chi connectivity index (χ1n) is 13.7. The summed E-state index contributed by atoms with van der Waals surface area (Å²) in [6.07, 6.45) is 0.408. The summed E-state index contributed by atoms with van der Waals surface area (Å²) in [4.78, 5) is 41.4. The number of carbonyl (C=O) groups excluding carboxylic acids is 3. The van der Waals surface area contributed by atoms with E-state index in [0.717, 1.165) is 16.0 Å². The van der Waals surface area contributed by atoms with Gasteiger partial charge in [0.05, 0.1) is 6.54 Å². The van der Waals surface area contributed by atoms with Gasteiger partial charge in [-0.25, -0.2) is 9.59 Å². The third kappa shape index (κ3) is 11.9. The number of hydrogen-bond acceptors (Lipinski definition) is 7. The Morgan fingerprint density at radius 3 is 2.29 bits per heavy atom. The van der Waals surface area contributed by atoms with E-state index in [1.54, 1.807) is 49.1 Å². The third-order valence-electron chi connectivity index (χ3n) is 5.98. The molecule has 0 aliphatic heterocycles. The summed E-state index contributed by atoms with van der Waals surface area (Å²) in [5.74, 6) is -0.212. The first-order valence-corrected chi connectivity index (χ1v) is 14.6. The summed E-state index contributed by atoms with van der Waals surface area (Å²) in [7, 11) is 0. The van der Waals surface area contributed by atoms with Gasteiger partial charge in [-0.05, 0) is 74.7 Å². The van der Waals surface area contributed by atoms with Crippen LogP contribution in [0.15, 0.2) is 72.1 Å². The number of unbranched alkanes of at least 4 members (excludes halogenated alkanes) is 1. The van der Waals surface area contributed by atoms with Crippen molar-refractivity contribution in [3.63, 3.8) is 0 Å². The number of hydrogen-bond donors (Lipinski definition) is 3. The van der Waals surface area contributed by atoms with Crippen molar-refractivity contribution in [1.82, 2.24) is 15.5 Å². The average molecular weight is 581 g/mol. The number of thiophene rings is 1. The van der Waals surface area contributed by atoms with Crippen LogP contribution in [0.25, 0.3) is 0 Å². The number of nitrogens with zero attached hydrogens (tertiary/aromatic N) is 1. The molecule has 0 saturated carbocycles. The normalized spacial score (nSPS) is 11.8. The average Bonchev–Trinajstić information content (AvgIpc) is 3.44. The van der Waals surface area contributed by atoms with E-state index >= 15 is 0 Å². The first-order chi connectivity index (χ1) is 19.6. The van der Waals surface area contributed by atoms with E-state index in [2.05, 4.69) is 10.6 Å². The number of carbonyl (C=O) groups is 3. The Balaban J connectivity index is 1.61. The van der Waals surface area contributed by atoms with Gasteiger partial charge in [-0.15, -0.1) is 11.3 Å². The number of ether oxygens (including phenoxy) is 2. The highest BCUT2D eigenvalue weighted by Gasteiger charge is 2.28. The van der Waals surface area contributed by atoms with Crippen LogP contribution in [0.5, 0.6) is 0 Å². The zero-order valence-corrected chi connectivity index (χ0v) is 24.7. The number of benzene rings is 2. The van der Waals surface area contributed by atoms with Gasteiger partial charge < -0.3 is 30.7 Å². The van der Waals surface area contributed by atoms with E-state index in [4.69, 9.17) is 15.2 Å². The van der Waals surface area contributed by atoms with Crippen molar-refractivity contribution >= 4 is 35.1 Å². The predicted octanol–water partition coefficient (Wildman–Crippen LogP) is 5.85. The molecule has 41 heavy (non-hydrogen) atoms. The van der Waals surface area contributed by atoms with Gasteiger partial charge >= 0.3 is 12.2 Å². The fourth-order valence-electron chi connectivity index (χ4n) is 4.01. The molecule has 10 heteroatoms. The molecule has 1 heterocycles. The summed E-state index contributed by atoms with van der Waals surface area (Å²) >= 11 is 1.57. The van der Waals surface area contributed by atoms with Crippen LogP contribution in [0.2, 0.25) is 0 Å². The van der Waals surface area contributed by atoms with Gasteiger partial charge in [-0.1, -0.05) is 48.5 Å². The smallest absolute Gasteiger partial charge is 0.408 e. The molecule has 220 valence electrons. The summed E-state index contributed by atoms with van der Waals surface area (Å²) in [5.41, 5.74) is 7.62. The van der Waals surface area contributed by atoms with Crippen LogP contribution in [0.1, 0.15) is 56.0 Å². The van der Waals surface area contributed by atoms with E-state index in [1.165, 1.54) is 0 Å². The van der Waals surface area contributed by atoms with Crippen molar-refractivity contribution in [3.8, 4) is 0 Å². The maximum Gasteiger partial charge on any atom is 0.408 e. The van der Waals surface area contributed by atoms with Crippen molar-refractivity contribution in [1.29, 1.82) is 0 Å². The van der Waals surface area contributed by atoms with Gasteiger partial charge in [0.2, 0.25) is 5.91 Å². The van der Waals surface area contributed by atoms with Crippen molar-refractivity contribution in [2.24, 2.45) is 0 Å².